The summed E-state index contributed by atoms with van der Waals surface area (Å²) < 4.78 is 21.2. The third-order valence-corrected chi connectivity index (χ3v) is 2.37. The quantitative estimate of drug-likeness (QED) is 0.713. The molecule has 1 atom stereocenters. The highest BCUT2D eigenvalue weighted by Gasteiger charge is 2.10. The lowest BCUT2D eigenvalue weighted by molar-refractivity contribution is 0.528. The topological polar surface area (TPSA) is 55.1 Å². The van der Waals surface area contributed by atoms with Crippen LogP contribution >= 0.6 is 0 Å². The van der Waals surface area contributed by atoms with Crippen LogP contribution in [0.15, 0.2) is 11.1 Å². The molecular formula is C7H12N2O2S. The van der Waals surface area contributed by atoms with E-state index in [9.17, 15) is 4.21 Å². The summed E-state index contributed by atoms with van der Waals surface area (Å²) >= 11 is -1.92. The van der Waals surface area contributed by atoms with Gasteiger partial charge in [0.15, 0.2) is 11.1 Å². The Morgan fingerprint density at radius 2 is 2.25 bits per heavy atom. The van der Waals surface area contributed by atoms with E-state index in [1.807, 2.05) is 13.8 Å². The van der Waals surface area contributed by atoms with Gasteiger partial charge in [-0.2, -0.15) is 5.10 Å². The zero-order chi connectivity index (χ0) is 9.30. The van der Waals surface area contributed by atoms with Crippen LogP contribution in [-0.2, 0) is 11.1 Å². The van der Waals surface area contributed by atoms with E-state index in [2.05, 4.69) is 5.10 Å². The Morgan fingerprint density at radius 1 is 1.67 bits per heavy atom. The van der Waals surface area contributed by atoms with Crippen molar-refractivity contribution in [1.82, 2.24) is 9.78 Å². The molecule has 1 aromatic rings. The number of hydrogen-bond acceptors (Lipinski definition) is 2. The molecule has 5 heteroatoms. The molecule has 0 saturated heterocycles. The summed E-state index contributed by atoms with van der Waals surface area (Å²) in [5, 5.41) is 4.10. The van der Waals surface area contributed by atoms with Crippen LogP contribution in [0.1, 0.15) is 25.6 Å². The number of hydrogen-bond donors (Lipinski definition) is 1. The highest BCUT2D eigenvalue weighted by molar-refractivity contribution is 7.79. The van der Waals surface area contributed by atoms with Gasteiger partial charge in [-0.15, -0.1) is 0 Å². The Labute approximate surface area is 73.9 Å². The summed E-state index contributed by atoms with van der Waals surface area (Å²) in [7, 11) is 0. The SMILES string of the molecule is Cc1nn(C(C)C)cc1S(=O)O. The lowest BCUT2D eigenvalue weighted by Crippen LogP contribution is -2.00. The molecule has 0 amide bonds. The number of aromatic nitrogens is 2. The number of nitrogens with zero attached hydrogens (tertiary/aromatic N) is 2. The summed E-state index contributed by atoms with van der Waals surface area (Å²) in [5.74, 6) is 0. The van der Waals surface area contributed by atoms with Gasteiger partial charge >= 0.3 is 0 Å². The molecular weight excluding hydrogens is 176 g/mol. The molecule has 1 heterocycles. The molecule has 0 radical (unpaired) electrons. The summed E-state index contributed by atoms with van der Waals surface area (Å²) in [6.45, 7) is 5.66. The fraction of sp³-hybridized carbons (Fsp3) is 0.571. The second-order valence-corrected chi connectivity index (χ2v) is 3.84. The van der Waals surface area contributed by atoms with Gasteiger partial charge in [0, 0.05) is 12.2 Å². The second kappa shape index (κ2) is 3.37. The van der Waals surface area contributed by atoms with Crippen molar-refractivity contribution in [2.45, 2.75) is 31.7 Å². The van der Waals surface area contributed by atoms with Crippen LogP contribution in [-0.4, -0.2) is 18.5 Å². The van der Waals surface area contributed by atoms with Crippen molar-refractivity contribution in [2.24, 2.45) is 0 Å². The van der Waals surface area contributed by atoms with Crippen molar-refractivity contribution in [3.8, 4) is 0 Å². The maximum absolute atomic E-state index is 10.7. The highest BCUT2D eigenvalue weighted by atomic mass is 32.2. The monoisotopic (exact) mass is 188 g/mol. The van der Waals surface area contributed by atoms with E-state index in [0.717, 1.165) is 0 Å². The highest BCUT2D eigenvalue weighted by Crippen LogP contribution is 2.12. The minimum atomic E-state index is -1.92. The molecule has 0 aliphatic carbocycles. The summed E-state index contributed by atoms with van der Waals surface area (Å²) in [4.78, 5) is 0.392. The molecule has 0 aliphatic rings. The maximum atomic E-state index is 10.7. The molecule has 12 heavy (non-hydrogen) atoms. The average Bonchev–Trinajstić information content (AvgIpc) is 2.30. The smallest absolute Gasteiger partial charge is 0.190 e. The van der Waals surface area contributed by atoms with Crippen LogP contribution in [0, 0.1) is 6.92 Å². The van der Waals surface area contributed by atoms with Crippen LogP contribution < -0.4 is 0 Å². The Hall–Kier alpha value is -0.680. The molecule has 1 unspecified atom stereocenters. The van der Waals surface area contributed by atoms with E-state index in [1.165, 1.54) is 0 Å². The molecule has 0 saturated carbocycles. The summed E-state index contributed by atoms with van der Waals surface area (Å²) in [6, 6.07) is 0.223. The van der Waals surface area contributed by atoms with Crippen molar-refractivity contribution in [3.05, 3.63) is 11.9 Å². The minimum absolute atomic E-state index is 0.223. The summed E-state index contributed by atoms with van der Waals surface area (Å²) in [5.41, 5.74) is 0.615. The second-order valence-electron chi connectivity index (χ2n) is 2.90. The van der Waals surface area contributed by atoms with Crippen molar-refractivity contribution in [3.63, 3.8) is 0 Å². The van der Waals surface area contributed by atoms with E-state index >= 15 is 0 Å². The Morgan fingerprint density at radius 3 is 2.50 bits per heavy atom. The van der Waals surface area contributed by atoms with Crippen LogP contribution in [0.5, 0.6) is 0 Å². The van der Waals surface area contributed by atoms with Gasteiger partial charge in [-0.1, -0.05) is 0 Å². The largest absolute Gasteiger partial charge is 0.302 e. The van der Waals surface area contributed by atoms with Crippen LogP contribution in [0.2, 0.25) is 0 Å². The number of aryl methyl sites for hydroxylation is 1. The summed E-state index contributed by atoms with van der Waals surface area (Å²) in [6.07, 6.45) is 1.61. The van der Waals surface area contributed by atoms with E-state index in [0.29, 0.717) is 10.6 Å². The molecule has 1 rings (SSSR count). The van der Waals surface area contributed by atoms with Gasteiger partial charge in [0.1, 0.15) is 4.90 Å². The maximum Gasteiger partial charge on any atom is 0.190 e. The first-order valence-electron chi connectivity index (χ1n) is 3.69. The van der Waals surface area contributed by atoms with E-state index in [4.69, 9.17) is 4.55 Å². The van der Waals surface area contributed by atoms with Gasteiger partial charge in [0.2, 0.25) is 0 Å². The Balaban J connectivity index is 3.09. The molecule has 1 aromatic heterocycles. The van der Waals surface area contributed by atoms with Crippen molar-refractivity contribution >= 4 is 11.1 Å². The molecule has 0 aromatic carbocycles. The number of rotatable bonds is 2. The van der Waals surface area contributed by atoms with Gasteiger partial charge in [0.05, 0.1) is 5.69 Å². The molecule has 0 spiro atoms. The van der Waals surface area contributed by atoms with Gasteiger partial charge in [0.25, 0.3) is 0 Å². The first-order valence-corrected chi connectivity index (χ1v) is 4.79. The first-order chi connectivity index (χ1) is 5.52. The normalized spacial score (nSPS) is 13.8. The zero-order valence-corrected chi connectivity index (χ0v) is 8.13. The molecule has 0 fully saturated rings. The predicted octanol–water partition coefficient (Wildman–Crippen LogP) is 1.35. The van der Waals surface area contributed by atoms with Crippen LogP contribution in [0.4, 0.5) is 0 Å². The minimum Gasteiger partial charge on any atom is -0.302 e. The van der Waals surface area contributed by atoms with Crippen LogP contribution in [0.3, 0.4) is 0 Å². The van der Waals surface area contributed by atoms with Crippen LogP contribution in [0.25, 0.3) is 0 Å². The molecule has 1 N–H and O–H groups in total. The third kappa shape index (κ3) is 1.73. The van der Waals surface area contributed by atoms with E-state index in [-0.39, 0.29) is 6.04 Å². The fourth-order valence-electron chi connectivity index (χ4n) is 0.901. The lowest BCUT2D eigenvalue weighted by atomic mass is 10.4. The van der Waals surface area contributed by atoms with Gasteiger partial charge in [-0.25, -0.2) is 4.21 Å². The first kappa shape index (κ1) is 9.41. The zero-order valence-electron chi connectivity index (χ0n) is 7.31. The van der Waals surface area contributed by atoms with Gasteiger partial charge < -0.3 is 4.55 Å². The molecule has 68 valence electrons. The third-order valence-electron chi connectivity index (χ3n) is 1.59. The predicted molar refractivity (Wildman–Crippen MR) is 46.4 cm³/mol. The molecule has 0 bridgehead atoms. The fourth-order valence-corrected chi connectivity index (χ4v) is 1.39. The molecule has 0 aliphatic heterocycles. The Bertz CT molecular complexity index is 306. The standard InChI is InChI=1S/C7H12N2O2S/c1-5(2)9-4-7(12(10)11)6(3)8-9/h4-5H,1-3H3,(H,10,11). The van der Waals surface area contributed by atoms with Gasteiger partial charge in [-0.05, 0) is 20.8 Å². The van der Waals surface area contributed by atoms with E-state index in [1.54, 1.807) is 17.8 Å². The lowest BCUT2D eigenvalue weighted by Gasteiger charge is -2.02. The molecule has 4 nitrogen and oxygen atoms in total. The average molecular weight is 188 g/mol. The van der Waals surface area contributed by atoms with Crippen molar-refractivity contribution in [2.75, 3.05) is 0 Å². The van der Waals surface area contributed by atoms with Gasteiger partial charge in [-0.3, -0.25) is 4.68 Å². The van der Waals surface area contributed by atoms with E-state index < -0.39 is 11.1 Å². The van der Waals surface area contributed by atoms with Crippen molar-refractivity contribution in [1.29, 1.82) is 0 Å². The Kier molecular flexibility index (Phi) is 2.64. The van der Waals surface area contributed by atoms with Crippen molar-refractivity contribution < 1.29 is 8.76 Å².